The van der Waals surface area contributed by atoms with Crippen LogP contribution in [0.3, 0.4) is 0 Å². The van der Waals surface area contributed by atoms with E-state index in [0.29, 0.717) is 6.54 Å². The molecule has 1 saturated carbocycles. The maximum atomic E-state index is 6.32. The standard InChI is InChI=1S/C24H31N5O2/c1-25-24(26-15-14-22-28-19-11-5-6-12-20(19)29-22)27-16-17-8-7-13-21(30-2)23(17)31-18-9-3-4-10-18/h5-8,11-13,18H,3-4,9-10,14-16H2,1-2H3,(H,28,29)(H2,25,26,27). The van der Waals surface area contributed by atoms with E-state index >= 15 is 0 Å². The molecule has 3 aromatic rings. The lowest BCUT2D eigenvalue weighted by molar-refractivity contribution is 0.198. The minimum Gasteiger partial charge on any atom is -0.493 e. The van der Waals surface area contributed by atoms with Crippen LogP contribution in [0.25, 0.3) is 11.0 Å². The topological polar surface area (TPSA) is 83.6 Å². The smallest absolute Gasteiger partial charge is 0.191 e. The molecule has 0 unspecified atom stereocenters. The minimum absolute atomic E-state index is 0.274. The summed E-state index contributed by atoms with van der Waals surface area (Å²) in [4.78, 5) is 12.3. The highest BCUT2D eigenvalue weighted by atomic mass is 16.5. The second-order valence-corrected chi connectivity index (χ2v) is 7.78. The van der Waals surface area contributed by atoms with Gasteiger partial charge in [-0.25, -0.2) is 4.98 Å². The predicted molar refractivity (Wildman–Crippen MR) is 124 cm³/mol. The van der Waals surface area contributed by atoms with Crippen LogP contribution in [0.4, 0.5) is 0 Å². The van der Waals surface area contributed by atoms with Crippen LogP contribution in [0.2, 0.25) is 0 Å². The number of imidazole rings is 1. The quantitative estimate of drug-likeness (QED) is 0.381. The number of guanidine groups is 1. The van der Waals surface area contributed by atoms with Crippen molar-refractivity contribution < 1.29 is 9.47 Å². The molecule has 1 heterocycles. The van der Waals surface area contributed by atoms with E-state index in [-0.39, 0.29) is 6.10 Å². The number of aromatic amines is 1. The van der Waals surface area contributed by atoms with E-state index in [1.54, 1.807) is 14.2 Å². The molecule has 0 radical (unpaired) electrons. The van der Waals surface area contributed by atoms with Crippen molar-refractivity contribution in [3.8, 4) is 11.5 Å². The summed E-state index contributed by atoms with van der Waals surface area (Å²) in [6.07, 6.45) is 5.73. The van der Waals surface area contributed by atoms with E-state index < -0.39 is 0 Å². The molecule has 0 spiro atoms. The number of hydrogen-bond acceptors (Lipinski definition) is 4. The number of aliphatic imine (C=N–C) groups is 1. The number of nitrogens with one attached hydrogen (secondary N) is 3. The van der Waals surface area contributed by atoms with Gasteiger partial charge in [0.15, 0.2) is 17.5 Å². The lowest BCUT2D eigenvalue weighted by atomic mass is 10.1. The van der Waals surface area contributed by atoms with Gasteiger partial charge >= 0.3 is 0 Å². The zero-order chi connectivity index (χ0) is 21.5. The van der Waals surface area contributed by atoms with Crippen molar-refractivity contribution in [3.63, 3.8) is 0 Å². The molecule has 2 aromatic carbocycles. The lowest BCUT2D eigenvalue weighted by Crippen LogP contribution is -2.38. The second-order valence-electron chi connectivity index (χ2n) is 7.78. The lowest BCUT2D eigenvalue weighted by Gasteiger charge is -2.20. The Bertz CT molecular complexity index is 991. The van der Waals surface area contributed by atoms with Crippen LogP contribution in [0.1, 0.15) is 37.1 Å². The van der Waals surface area contributed by atoms with Gasteiger partial charge in [-0.2, -0.15) is 0 Å². The summed E-state index contributed by atoms with van der Waals surface area (Å²) >= 11 is 0. The highest BCUT2D eigenvalue weighted by molar-refractivity contribution is 5.79. The summed E-state index contributed by atoms with van der Waals surface area (Å²) in [6.45, 7) is 1.33. The van der Waals surface area contributed by atoms with Crippen LogP contribution in [-0.2, 0) is 13.0 Å². The number of aromatic nitrogens is 2. The number of rotatable bonds is 8. The third-order valence-corrected chi connectivity index (χ3v) is 5.63. The molecule has 1 aliphatic rings. The maximum absolute atomic E-state index is 6.32. The maximum Gasteiger partial charge on any atom is 0.191 e. The van der Waals surface area contributed by atoms with Crippen molar-refractivity contribution >= 4 is 17.0 Å². The Morgan fingerprint density at radius 3 is 2.74 bits per heavy atom. The Morgan fingerprint density at radius 2 is 1.97 bits per heavy atom. The molecule has 0 amide bonds. The van der Waals surface area contributed by atoms with Crippen molar-refractivity contribution in [2.75, 3.05) is 20.7 Å². The highest BCUT2D eigenvalue weighted by Crippen LogP contribution is 2.34. The monoisotopic (exact) mass is 421 g/mol. The van der Waals surface area contributed by atoms with Crippen LogP contribution < -0.4 is 20.1 Å². The van der Waals surface area contributed by atoms with Gasteiger partial charge < -0.3 is 25.1 Å². The van der Waals surface area contributed by atoms with Gasteiger partial charge in [0.1, 0.15) is 5.82 Å². The highest BCUT2D eigenvalue weighted by Gasteiger charge is 2.20. The molecule has 7 nitrogen and oxygen atoms in total. The first-order chi connectivity index (χ1) is 15.3. The first kappa shape index (κ1) is 21.0. The van der Waals surface area contributed by atoms with Gasteiger partial charge in [0.25, 0.3) is 0 Å². The van der Waals surface area contributed by atoms with Gasteiger partial charge in [-0.15, -0.1) is 0 Å². The normalized spacial score (nSPS) is 14.7. The molecule has 3 N–H and O–H groups in total. The van der Waals surface area contributed by atoms with Crippen LogP contribution in [0.15, 0.2) is 47.5 Å². The number of methoxy groups -OCH3 is 1. The van der Waals surface area contributed by atoms with Crippen molar-refractivity contribution in [2.45, 2.75) is 44.8 Å². The molecule has 0 atom stereocenters. The third kappa shape index (κ3) is 5.29. The van der Waals surface area contributed by atoms with Crippen LogP contribution in [0.5, 0.6) is 11.5 Å². The van der Waals surface area contributed by atoms with Crippen molar-refractivity contribution in [2.24, 2.45) is 4.99 Å². The Balaban J connectivity index is 1.33. The molecule has 0 bridgehead atoms. The predicted octanol–water partition coefficient (Wildman–Crippen LogP) is 3.80. The molecular formula is C24H31N5O2. The van der Waals surface area contributed by atoms with Crippen LogP contribution in [0, 0.1) is 0 Å². The van der Waals surface area contributed by atoms with Gasteiger partial charge in [0.05, 0.1) is 24.2 Å². The average Bonchev–Trinajstić information content (AvgIpc) is 3.46. The summed E-state index contributed by atoms with van der Waals surface area (Å²) in [5, 5.41) is 6.75. The molecule has 1 fully saturated rings. The van der Waals surface area contributed by atoms with Crippen molar-refractivity contribution in [1.82, 2.24) is 20.6 Å². The van der Waals surface area contributed by atoms with E-state index in [2.05, 4.69) is 31.7 Å². The number of benzene rings is 2. The molecule has 0 aliphatic heterocycles. The third-order valence-electron chi connectivity index (χ3n) is 5.63. The first-order valence-electron chi connectivity index (χ1n) is 11.0. The summed E-state index contributed by atoms with van der Waals surface area (Å²) < 4.78 is 11.9. The first-order valence-corrected chi connectivity index (χ1v) is 11.0. The summed E-state index contributed by atoms with van der Waals surface area (Å²) in [6, 6.07) is 14.1. The minimum atomic E-state index is 0.274. The summed E-state index contributed by atoms with van der Waals surface area (Å²) in [5.74, 6) is 3.32. The number of fused-ring (bicyclic) bond motifs is 1. The number of hydrogen-bond donors (Lipinski definition) is 3. The summed E-state index contributed by atoms with van der Waals surface area (Å²) in [5.41, 5.74) is 3.12. The van der Waals surface area contributed by atoms with Gasteiger partial charge in [0, 0.05) is 32.1 Å². The second kappa shape index (κ2) is 10.2. The van der Waals surface area contributed by atoms with E-state index in [4.69, 9.17) is 9.47 Å². The molecular weight excluding hydrogens is 390 g/mol. The average molecular weight is 422 g/mol. The fourth-order valence-corrected chi connectivity index (χ4v) is 3.99. The fourth-order valence-electron chi connectivity index (χ4n) is 3.99. The van der Waals surface area contributed by atoms with Crippen molar-refractivity contribution in [3.05, 3.63) is 53.9 Å². The number of nitrogens with zero attached hydrogens (tertiary/aromatic N) is 2. The van der Waals surface area contributed by atoms with E-state index in [0.717, 1.165) is 65.7 Å². The number of para-hydroxylation sites is 3. The molecule has 31 heavy (non-hydrogen) atoms. The molecule has 0 saturated heterocycles. The molecule has 1 aromatic heterocycles. The summed E-state index contributed by atoms with van der Waals surface area (Å²) in [7, 11) is 3.46. The van der Waals surface area contributed by atoms with Crippen LogP contribution >= 0.6 is 0 Å². The largest absolute Gasteiger partial charge is 0.493 e. The fraction of sp³-hybridized carbons (Fsp3) is 0.417. The molecule has 164 valence electrons. The zero-order valence-corrected chi connectivity index (χ0v) is 18.3. The molecule has 7 heteroatoms. The van der Waals surface area contributed by atoms with E-state index in [1.165, 1.54) is 12.8 Å². The van der Waals surface area contributed by atoms with Crippen LogP contribution in [-0.4, -0.2) is 42.7 Å². The SMILES string of the molecule is CN=C(NCCc1nc2ccccc2[nH]1)NCc1cccc(OC)c1OC1CCCC1. The number of ether oxygens (including phenoxy) is 2. The zero-order valence-electron chi connectivity index (χ0n) is 18.3. The van der Waals surface area contributed by atoms with Gasteiger partial charge in [-0.3, -0.25) is 4.99 Å². The van der Waals surface area contributed by atoms with Gasteiger partial charge in [-0.05, 0) is 43.9 Å². The Labute approximate surface area is 183 Å². The van der Waals surface area contributed by atoms with Crippen molar-refractivity contribution in [1.29, 1.82) is 0 Å². The Kier molecular flexibility index (Phi) is 6.92. The van der Waals surface area contributed by atoms with E-state index in [9.17, 15) is 0 Å². The molecule has 4 rings (SSSR count). The Morgan fingerprint density at radius 1 is 1.13 bits per heavy atom. The Hall–Kier alpha value is -3.22. The van der Waals surface area contributed by atoms with Gasteiger partial charge in [0.2, 0.25) is 0 Å². The van der Waals surface area contributed by atoms with E-state index in [1.807, 2.05) is 36.4 Å². The van der Waals surface area contributed by atoms with Gasteiger partial charge in [-0.1, -0.05) is 24.3 Å². The number of H-pyrrole nitrogens is 1. The molecule has 1 aliphatic carbocycles.